The van der Waals surface area contributed by atoms with Crippen LogP contribution in [0.25, 0.3) is 5.69 Å². The molecule has 0 spiro atoms. The standard InChI is InChI=1S/C31H39ClN4O6/c1-21(9-10-23(3)32)29(37)33-18-26-19-36(31(39)42-26)24-11-12-27(22(2)17-24)35-14-6-8-28(30(35)38)41-16-15-34-13-5-7-25(34)20-40-4/h6,8-12,14,17,25-26H,5,7,13,15-16,18-20H2,1-4H3,(H,33,37)/b21-9+,23-10+. The molecule has 1 N–H and O–H groups in total. The zero-order chi connectivity index (χ0) is 30.2. The maximum absolute atomic E-state index is 13.3. The van der Waals surface area contributed by atoms with Crippen molar-refractivity contribution in [1.29, 1.82) is 0 Å². The van der Waals surface area contributed by atoms with E-state index in [-0.39, 0.29) is 30.3 Å². The van der Waals surface area contributed by atoms with Gasteiger partial charge in [0.05, 0.1) is 25.4 Å². The maximum atomic E-state index is 13.3. The summed E-state index contributed by atoms with van der Waals surface area (Å²) < 4.78 is 18.3. The number of allylic oxidation sites excluding steroid dienone is 3. The number of carbonyl (C=O) groups excluding carboxylic acids is 2. The number of methoxy groups -OCH3 is 1. The van der Waals surface area contributed by atoms with Crippen LogP contribution in [0.15, 0.2) is 64.1 Å². The minimum atomic E-state index is -0.499. The van der Waals surface area contributed by atoms with E-state index in [0.717, 1.165) is 31.5 Å². The van der Waals surface area contributed by atoms with Crippen molar-refractivity contribution >= 4 is 29.3 Å². The summed E-state index contributed by atoms with van der Waals surface area (Å²) in [5, 5.41) is 3.36. The van der Waals surface area contributed by atoms with Gasteiger partial charge in [-0.05, 0) is 82.1 Å². The molecule has 0 saturated carbocycles. The van der Waals surface area contributed by atoms with E-state index in [4.69, 9.17) is 25.8 Å². The average Bonchev–Trinajstić information content (AvgIpc) is 3.57. The van der Waals surface area contributed by atoms with Crippen molar-refractivity contribution in [2.75, 3.05) is 51.4 Å². The lowest BCUT2D eigenvalue weighted by atomic mass is 10.1. The molecule has 2 saturated heterocycles. The Morgan fingerprint density at radius 1 is 1.21 bits per heavy atom. The normalized spacial score (nSPS) is 19.7. The summed E-state index contributed by atoms with van der Waals surface area (Å²) in [7, 11) is 1.72. The first-order valence-electron chi connectivity index (χ1n) is 14.1. The summed E-state index contributed by atoms with van der Waals surface area (Å²) in [5.41, 5.74) is 2.38. The fraction of sp³-hybridized carbons (Fsp3) is 0.452. The number of nitrogens with zero attached hydrogens (tertiary/aromatic N) is 3. The highest BCUT2D eigenvalue weighted by Gasteiger charge is 2.33. The van der Waals surface area contributed by atoms with Crippen LogP contribution in [0, 0.1) is 6.92 Å². The topological polar surface area (TPSA) is 102 Å². The van der Waals surface area contributed by atoms with Crippen molar-refractivity contribution in [3.63, 3.8) is 0 Å². The Hall–Kier alpha value is -3.60. The van der Waals surface area contributed by atoms with Gasteiger partial charge in [0.2, 0.25) is 5.91 Å². The molecule has 1 aromatic carbocycles. The summed E-state index contributed by atoms with van der Waals surface area (Å²) >= 11 is 5.81. The first-order chi connectivity index (χ1) is 20.2. The van der Waals surface area contributed by atoms with E-state index in [0.29, 0.717) is 41.2 Å². The molecule has 2 aliphatic rings. The number of amides is 2. The average molecular weight is 599 g/mol. The number of benzene rings is 1. The van der Waals surface area contributed by atoms with Crippen LogP contribution in [0.4, 0.5) is 10.5 Å². The van der Waals surface area contributed by atoms with Crippen molar-refractivity contribution < 1.29 is 23.8 Å². The molecule has 2 atom stereocenters. The van der Waals surface area contributed by atoms with E-state index in [2.05, 4.69) is 10.2 Å². The number of aromatic nitrogens is 1. The van der Waals surface area contributed by atoms with Crippen molar-refractivity contribution in [2.24, 2.45) is 0 Å². The number of aryl methyl sites for hydroxylation is 1. The molecule has 2 fully saturated rings. The van der Waals surface area contributed by atoms with Gasteiger partial charge in [-0.2, -0.15) is 0 Å². The number of pyridine rings is 1. The fourth-order valence-corrected chi connectivity index (χ4v) is 5.26. The van der Waals surface area contributed by atoms with Crippen LogP contribution < -0.4 is 20.5 Å². The minimum absolute atomic E-state index is 0.180. The molecule has 3 heterocycles. The highest BCUT2D eigenvalue weighted by atomic mass is 35.5. The molecule has 2 aliphatic heterocycles. The Bertz CT molecular complexity index is 1400. The Labute approximate surface area is 251 Å². The van der Waals surface area contributed by atoms with E-state index in [1.807, 2.05) is 13.0 Å². The smallest absolute Gasteiger partial charge is 0.414 e. The van der Waals surface area contributed by atoms with Gasteiger partial charge in [-0.25, -0.2) is 4.79 Å². The second kappa shape index (κ2) is 14.5. The number of hydrogen-bond donors (Lipinski definition) is 1. The van der Waals surface area contributed by atoms with Gasteiger partial charge in [-0.3, -0.25) is 24.0 Å². The third-order valence-corrected chi connectivity index (χ3v) is 7.57. The molecule has 11 heteroatoms. The monoisotopic (exact) mass is 598 g/mol. The molecular formula is C31H39ClN4O6. The first-order valence-corrected chi connectivity index (χ1v) is 14.5. The molecule has 0 aliphatic carbocycles. The quantitative estimate of drug-likeness (QED) is 0.289. The summed E-state index contributed by atoms with van der Waals surface area (Å²) in [5.74, 6) is 0.0252. The molecule has 1 aromatic heterocycles. The molecule has 2 unspecified atom stereocenters. The van der Waals surface area contributed by atoms with Gasteiger partial charge < -0.3 is 19.5 Å². The minimum Gasteiger partial charge on any atom is -0.487 e. The zero-order valence-electron chi connectivity index (χ0n) is 24.6. The molecule has 0 radical (unpaired) electrons. The molecule has 2 aromatic rings. The van der Waals surface area contributed by atoms with Crippen LogP contribution in [-0.4, -0.2) is 80.1 Å². The van der Waals surface area contributed by atoms with Crippen molar-refractivity contribution in [3.8, 4) is 11.4 Å². The van der Waals surface area contributed by atoms with Crippen LogP contribution in [0.3, 0.4) is 0 Å². The van der Waals surface area contributed by atoms with E-state index in [1.165, 1.54) is 4.90 Å². The lowest BCUT2D eigenvalue weighted by molar-refractivity contribution is -0.117. The Morgan fingerprint density at radius 3 is 2.76 bits per heavy atom. The van der Waals surface area contributed by atoms with Crippen molar-refractivity contribution in [3.05, 3.63) is 75.2 Å². The van der Waals surface area contributed by atoms with E-state index in [9.17, 15) is 14.4 Å². The number of carbonyl (C=O) groups is 2. The van der Waals surface area contributed by atoms with Crippen LogP contribution in [0.2, 0.25) is 0 Å². The van der Waals surface area contributed by atoms with E-state index < -0.39 is 12.2 Å². The van der Waals surface area contributed by atoms with E-state index in [1.54, 1.807) is 68.1 Å². The highest BCUT2D eigenvalue weighted by molar-refractivity contribution is 6.29. The Balaban J connectivity index is 1.38. The predicted octanol–water partition coefficient (Wildman–Crippen LogP) is 4.17. The molecule has 42 heavy (non-hydrogen) atoms. The van der Waals surface area contributed by atoms with Crippen LogP contribution in [-0.2, 0) is 14.3 Å². The SMILES string of the molecule is COCC1CCCN1CCOc1cccn(-c2ccc(N3CC(CNC(=O)/C(C)=C/C=C(\C)Cl)OC3=O)cc2C)c1=O. The van der Waals surface area contributed by atoms with Crippen LogP contribution in [0.1, 0.15) is 32.3 Å². The third-order valence-electron chi connectivity index (χ3n) is 7.44. The molecule has 10 nitrogen and oxygen atoms in total. The van der Waals surface area contributed by atoms with Gasteiger partial charge in [0.1, 0.15) is 12.7 Å². The maximum Gasteiger partial charge on any atom is 0.414 e. The zero-order valence-corrected chi connectivity index (χ0v) is 25.4. The van der Waals surface area contributed by atoms with Crippen molar-refractivity contribution in [1.82, 2.24) is 14.8 Å². The second-order valence-corrected chi connectivity index (χ2v) is 11.2. The number of likely N-dealkylation sites (tertiary alicyclic amines) is 1. The number of anilines is 1. The fourth-order valence-electron chi connectivity index (χ4n) is 5.20. The van der Waals surface area contributed by atoms with Gasteiger partial charge in [-0.1, -0.05) is 17.7 Å². The van der Waals surface area contributed by atoms with Crippen molar-refractivity contribution in [2.45, 2.75) is 45.8 Å². The predicted molar refractivity (Wildman–Crippen MR) is 163 cm³/mol. The van der Waals surface area contributed by atoms with Gasteiger partial charge in [0.25, 0.3) is 5.56 Å². The number of cyclic esters (lactones) is 1. The highest BCUT2D eigenvalue weighted by Crippen LogP contribution is 2.26. The lowest BCUT2D eigenvalue weighted by Gasteiger charge is -2.23. The number of rotatable bonds is 12. The third kappa shape index (κ3) is 7.81. The number of nitrogens with one attached hydrogen (secondary N) is 1. The lowest BCUT2D eigenvalue weighted by Crippen LogP contribution is -2.36. The molecular weight excluding hydrogens is 560 g/mol. The Morgan fingerprint density at radius 2 is 2.02 bits per heavy atom. The summed E-state index contributed by atoms with van der Waals surface area (Å²) in [4.78, 5) is 42.1. The molecule has 4 rings (SSSR count). The summed E-state index contributed by atoms with van der Waals surface area (Å²) in [6.45, 7) is 8.60. The molecule has 226 valence electrons. The van der Waals surface area contributed by atoms with Gasteiger partial charge >= 0.3 is 6.09 Å². The number of hydrogen-bond acceptors (Lipinski definition) is 7. The van der Waals surface area contributed by atoms with Gasteiger partial charge in [-0.15, -0.1) is 0 Å². The van der Waals surface area contributed by atoms with E-state index >= 15 is 0 Å². The first kappa shape index (κ1) is 31.3. The summed E-state index contributed by atoms with van der Waals surface area (Å²) in [6, 6.07) is 9.29. The van der Waals surface area contributed by atoms with Gasteiger partial charge in [0.15, 0.2) is 5.75 Å². The Kier molecular flexibility index (Phi) is 10.8. The molecule has 2 amide bonds. The molecule has 0 bridgehead atoms. The summed E-state index contributed by atoms with van der Waals surface area (Å²) in [6.07, 6.45) is 6.24. The number of halogens is 1. The second-order valence-electron chi connectivity index (χ2n) is 10.6. The van der Waals surface area contributed by atoms with Gasteiger partial charge in [0, 0.05) is 42.2 Å². The number of ether oxygens (including phenoxy) is 3. The van der Waals surface area contributed by atoms with Crippen LogP contribution >= 0.6 is 11.6 Å². The largest absolute Gasteiger partial charge is 0.487 e. The van der Waals surface area contributed by atoms with Crippen LogP contribution in [0.5, 0.6) is 5.75 Å².